The second kappa shape index (κ2) is 17.4. The van der Waals surface area contributed by atoms with Crippen LogP contribution in [0, 0.1) is 0 Å². The van der Waals surface area contributed by atoms with Gasteiger partial charge in [0.05, 0.1) is 13.1 Å². The van der Waals surface area contributed by atoms with E-state index in [0.29, 0.717) is 0 Å². The summed E-state index contributed by atoms with van der Waals surface area (Å²) in [4.78, 5) is 0. The van der Waals surface area contributed by atoms with Crippen LogP contribution in [0.25, 0.3) is 0 Å². The standard InChI is InChI=1S/CH2Br2.BrH3Si/c2-1-3;1-2/h1H2;2H3. The Kier molecular flexibility index (Phi) is 34.1. The first-order valence-electron chi connectivity index (χ1n) is 0.912. The van der Waals surface area contributed by atoms with Gasteiger partial charge in [0.15, 0.2) is 0 Å². The van der Waals surface area contributed by atoms with Crippen molar-refractivity contribution in [2.24, 2.45) is 0 Å². The summed E-state index contributed by atoms with van der Waals surface area (Å²) in [5.41, 5.74) is 0. The van der Waals surface area contributed by atoms with E-state index < -0.39 is 0 Å². The first-order valence-corrected chi connectivity index (χ1v) is 8.67. The van der Waals surface area contributed by atoms with E-state index >= 15 is 0 Å². The number of rotatable bonds is 0. The summed E-state index contributed by atoms with van der Waals surface area (Å²) in [6.45, 7) is 0. The average Bonchev–Trinajstić information content (AvgIpc) is 1.46. The fraction of sp³-hybridized carbons (Fsp3) is 1.00. The van der Waals surface area contributed by atoms with Crippen LogP contribution in [0.15, 0.2) is 0 Å². The molecule has 34 valence electrons. The quantitative estimate of drug-likeness (QED) is 0.358. The van der Waals surface area contributed by atoms with Crippen LogP contribution >= 0.6 is 47.2 Å². The third kappa shape index (κ3) is 27.6. The molecule has 0 aromatic carbocycles. The minimum atomic E-state index is 0.875. The van der Waals surface area contributed by atoms with Gasteiger partial charge in [-0.05, 0) is 0 Å². The lowest BCUT2D eigenvalue weighted by molar-refractivity contribution is 2.44. The predicted molar refractivity (Wildman–Crippen MR) is 41.6 cm³/mol. The minimum Gasteiger partial charge on any atom is -0.140 e. The van der Waals surface area contributed by atoms with Gasteiger partial charge in [0.2, 0.25) is 0 Å². The highest BCUT2D eigenvalue weighted by Crippen LogP contribution is 1.83. The largest absolute Gasteiger partial charge is 0.140 e. The van der Waals surface area contributed by atoms with E-state index in [2.05, 4.69) is 47.2 Å². The SMILES string of the molecule is BrCBr.[SiH3]Br. The molecule has 0 heterocycles. The molecule has 0 unspecified atom stereocenters. The molecule has 0 saturated heterocycles. The fourth-order valence-corrected chi connectivity index (χ4v) is 0. The Hall–Kier alpha value is 1.66. The number of halogens is 3. The Morgan fingerprint density at radius 2 is 1.20 bits per heavy atom. The van der Waals surface area contributed by atoms with Gasteiger partial charge in [-0.15, -0.1) is 15.3 Å². The van der Waals surface area contributed by atoms with E-state index in [-0.39, 0.29) is 0 Å². The monoisotopic (exact) mass is 282 g/mol. The van der Waals surface area contributed by atoms with Crippen molar-refractivity contribution in [2.75, 3.05) is 4.24 Å². The highest BCUT2D eigenvalue weighted by molar-refractivity contribution is 9.24. The molecule has 0 aliphatic carbocycles. The molecular weight excluding hydrogens is 280 g/mol. The molecule has 4 heteroatoms. The minimum absolute atomic E-state index is 0.875. The third-order valence-electron chi connectivity index (χ3n) is 0. The van der Waals surface area contributed by atoms with Crippen LogP contribution < -0.4 is 0 Å². The topological polar surface area (TPSA) is 0 Å². The van der Waals surface area contributed by atoms with Crippen molar-refractivity contribution < 1.29 is 0 Å². The van der Waals surface area contributed by atoms with E-state index in [4.69, 9.17) is 0 Å². The van der Waals surface area contributed by atoms with E-state index in [0.717, 1.165) is 13.1 Å². The first-order chi connectivity index (χ1) is 2.41. The second-order valence-electron chi connectivity index (χ2n) is 0.101. The molecule has 0 spiro atoms. The van der Waals surface area contributed by atoms with Crippen molar-refractivity contribution in [3.63, 3.8) is 0 Å². The predicted octanol–water partition coefficient (Wildman–Crippen LogP) is 1.40. The Balaban J connectivity index is 0. The molecule has 0 saturated carbocycles. The molecule has 0 amide bonds. The van der Waals surface area contributed by atoms with Crippen molar-refractivity contribution in [1.29, 1.82) is 0 Å². The zero-order valence-corrected chi connectivity index (χ0v) is 9.60. The Labute approximate surface area is 60.0 Å². The molecule has 0 radical (unpaired) electrons. The molecule has 0 bridgehead atoms. The molecule has 5 heavy (non-hydrogen) atoms. The molecule has 0 aliphatic rings. The molecule has 0 aromatic heterocycles. The second-order valence-corrected chi connectivity index (χ2v) is 2.73. The van der Waals surface area contributed by atoms with Crippen LogP contribution in [0.3, 0.4) is 0 Å². The highest BCUT2D eigenvalue weighted by Gasteiger charge is 1.41. The van der Waals surface area contributed by atoms with E-state index in [1.807, 2.05) is 0 Å². The maximum Gasteiger partial charge on any atom is 0.0825 e. The highest BCUT2D eigenvalue weighted by atomic mass is 79.9. The smallest absolute Gasteiger partial charge is 0.0825 e. The van der Waals surface area contributed by atoms with Crippen molar-refractivity contribution in [3.05, 3.63) is 0 Å². The zero-order chi connectivity index (χ0) is 4.71. The molecule has 0 aliphatic heterocycles. The molecule has 0 aromatic rings. The summed E-state index contributed by atoms with van der Waals surface area (Å²) < 4.78 is 0.875. The average molecular weight is 285 g/mol. The normalized spacial score (nSPS) is 5.40. The third-order valence-corrected chi connectivity index (χ3v) is 0. The van der Waals surface area contributed by atoms with Crippen LogP contribution in [0.4, 0.5) is 0 Å². The van der Waals surface area contributed by atoms with Crippen LogP contribution in [0.1, 0.15) is 0 Å². The lowest BCUT2D eigenvalue weighted by atomic mass is 12.0. The lowest BCUT2D eigenvalue weighted by Gasteiger charge is -1.43. The van der Waals surface area contributed by atoms with Gasteiger partial charge < -0.3 is 0 Å². The lowest BCUT2D eigenvalue weighted by Crippen LogP contribution is -1.19. The van der Waals surface area contributed by atoms with Gasteiger partial charge in [-0.25, -0.2) is 0 Å². The molecule has 0 fully saturated rings. The molecule has 0 N–H and O–H groups in total. The number of hydrogen-bond donors (Lipinski definition) is 0. The van der Waals surface area contributed by atoms with Gasteiger partial charge in [0.25, 0.3) is 0 Å². The number of hydrogen-bond acceptors (Lipinski definition) is 0. The Bertz CT molecular complexity index is 6.85. The summed E-state index contributed by atoms with van der Waals surface area (Å²) in [5.74, 6) is 0. The molecule has 0 rings (SSSR count). The Morgan fingerprint density at radius 3 is 1.20 bits per heavy atom. The van der Waals surface area contributed by atoms with Crippen molar-refractivity contribution >= 4 is 56.0 Å². The fourth-order valence-electron chi connectivity index (χ4n) is 0. The van der Waals surface area contributed by atoms with E-state index in [1.54, 1.807) is 0 Å². The summed E-state index contributed by atoms with van der Waals surface area (Å²) in [6, 6.07) is 0. The maximum atomic E-state index is 3.08. The van der Waals surface area contributed by atoms with Crippen LogP contribution in [-0.4, -0.2) is 13.1 Å². The van der Waals surface area contributed by atoms with Crippen LogP contribution in [0.2, 0.25) is 0 Å². The van der Waals surface area contributed by atoms with Crippen molar-refractivity contribution in [3.8, 4) is 0 Å². The number of alkyl halides is 2. The van der Waals surface area contributed by atoms with Gasteiger partial charge >= 0.3 is 0 Å². The van der Waals surface area contributed by atoms with Crippen molar-refractivity contribution in [2.45, 2.75) is 0 Å². The summed E-state index contributed by atoms with van der Waals surface area (Å²) in [6.07, 6.45) is 0. The van der Waals surface area contributed by atoms with Gasteiger partial charge in [0.1, 0.15) is 0 Å². The van der Waals surface area contributed by atoms with Gasteiger partial charge in [0, 0.05) is 0 Å². The summed E-state index contributed by atoms with van der Waals surface area (Å²) in [5, 5.41) is 0. The first kappa shape index (κ1) is 9.82. The molecular formula is CH5Br3Si. The van der Waals surface area contributed by atoms with Gasteiger partial charge in [-0.3, -0.25) is 0 Å². The summed E-state index contributed by atoms with van der Waals surface area (Å²) >= 11 is 9.20. The van der Waals surface area contributed by atoms with Crippen LogP contribution in [0.5, 0.6) is 0 Å². The van der Waals surface area contributed by atoms with E-state index in [1.165, 1.54) is 0 Å². The zero-order valence-electron chi connectivity index (χ0n) is 2.84. The molecule has 0 nitrogen and oxygen atoms in total. The summed E-state index contributed by atoms with van der Waals surface area (Å²) in [7, 11) is 1.12. The van der Waals surface area contributed by atoms with E-state index in [9.17, 15) is 0 Å². The molecule has 0 atom stereocenters. The van der Waals surface area contributed by atoms with Gasteiger partial charge in [-0.2, -0.15) is 0 Å². The Morgan fingerprint density at radius 1 is 1.20 bits per heavy atom. The van der Waals surface area contributed by atoms with Crippen molar-refractivity contribution in [1.82, 2.24) is 0 Å². The van der Waals surface area contributed by atoms with Gasteiger partial charge in [-0.1, -0.05) is 31.9 Å². The van der Waals surface area contributed by atoms with Crippen LogP contribution in [-0.2, 0) is 0 Å². The maximum absolute atomic E-state index is 3.08.